The lowest BCUT2D eigenvalue weighted by Gasteiger charge is -2.38. The molecule has 5 nitrogen and oxygen atoms in total. The van der Waals surface area contributed by atoms with E-state index in [1.165, 1.54) is 11.3 Å². The Morgan fingerprint density at radius 3 is 2.77 bits per heavy atom. The van der Waals surface area contributed by atoms with Crippen LogP contribution in [-0.4, -0.2) is 21.6 Å². The summed E-state index contributed by atoms with van der Waals surface area (Å²) < 4.78 is 2.32. The largest absolute Gasteiger partial charge is 0.481 e. The van der Waals surface area contributed by atoms with Crippen LogP contribution in [0.2, 0.25) is 0 Å². The van der Waals surface area contributed by atoms with Gasteiger partial charge in [-0.1, -0.05) is 12.8 Å². The highest BCUT2D eigenvalue weighted by molar-refractivity contribution is 5.95. The van der Waals surface area contributed by atoms with Gasteiger partial charge in [0.15, 0.2) is 0 Å². The summed E-state index contributed by atoms with van der Waals surface area (Å²) in [6.45, 7) is 0. The van der Waals surface area contributed by atoms with Gasteiger partial charge in [-0.3, -0.25) is 9.59 Å². The van der Waals surface area contributed by atoms with Gasteiger partial charge in [0.05, 0.1) is 12.3 Å². The predicted molar refractivity (Wildman–Crippen MR) is 82.0 cm³/mol. The second-order valence-corrected chi connectivity index (χ2v) is 6.85. The Balaban J connectivity index is 1.88. The topological polar surface area (TPSA) is 71.3 Å². The molecule has 2 N–H and O–H groups in total. The normalized spacial score (nSPS) is 26.6. The van der Waals surface area contributed by atoms with Crippen LogP contribution in [0.15, 0.2) is 0 Å². The smallest absolute Gasteiger partial charge is 0.307 e. The monoisotopic (exact) mass is 302 g/mol. The molecule has 0 aromatic carbocycles. The molecule has 1 aliphatic heterocycles. The van der Waals surface area contributed by atoms with Crippen molar-refractivity contribution in [1.29, 1.82) is 0 Å². The minimum absolute atomic E-state index is 0.0162. The number of hydrogen-bond donors (Lipinski definition) is 2. The van der Waals surface area contributed by atoms with Crippen molar-refractivity contribution in [3.63, 3.8) is 0 Å². The molecule has 2 aliphatic carbocycles. The predicted octanol–water partition coefficient (Wildman–Crippen LogP) is 2.68. The molecular weight excluding hydrogens is 280 g/mol. The Kier molecular flexibility index (Phi) is 3.24. The lowest BCUT2D eigenvalue weighted by molar-refractivity contribution is -0.136. The Labute approximate surface area is 129 Å². The van der Waals surface area contributed by atoms with Crippen molar-refractivity contribution < 1.29 is 14.7 Å². The van der Waals surface area contributed by atoms with Crippen LogP contribution in [0.1, 0.15) is 61.4 Å². The lowest BCUT2D eigenvalue weighted by atomic mass is 9.82. The summed E-state index contributed by atoms with van der Waals surface area (Å²) in [6, 6.07) is 0.242. The number of aliphatic carboxylic acids is 1. The number of rotatable bonds is 2. The number of carbonyl (C=O) groups excluding carboxylic acids is 1. The molecule has 0 bridgehead atoms. The van der Waals surface area contributed by atoms with E-state index < -0.39 is 5.97 Å². The van der Waals surface area contributed by atoms with E-state index in [1.807, 2.05) is 0 Å². The third-order valence-corrected chi connectivity index (χ3v) is 5.59. The standard InChI is InChI=1S/C17H22N2O3/c20-15(21)9-12-10-5-1-3-7-13(10)19-14-8-4-2-6-11(14)17(22)18-16(12)19/h11,14H,1-9H2,(H,18,22)(H,20,21). The molecule has 1 aromatic rings. The SMILES string of the molecule is O=C(O)Cc1c2c(n3c1NC(=O)C1CCCCC13)CCCC2. The van der Waals surface area contributed by atoms with Crippen LogP contribution in [0.3, 0.4) is 0 Å². The second-order valence-electron chi connectivity index (χ2n) is 6.85. The fraction of sp³-hybridized carbons (Fsp3) is 0.647. The summed E-state index contributed by atoms with van der Waals surface area (Å²) in [5, 5.41) is 12.3. The minimum atomic E-state index is -0.818. The van der Waals surface area contributed by atoms with Gasteiger partial charge < -0.3 is 15.0 Å². The summed E-state index contributed by atoms with van der Waals surface area (Å²) in [5.41, 5.74) is 3.36. The molecule has 1 fully saturated rings. The van der Waals surface area contributed by atoms with Gasteiger partial charge in [0.25, 0.3) is 0 Å². The zero-order chi connectivity index (χ0) is 15.3. The van der Waals surface area contributed by atoms with Crippen molar-refractivity contribution in [1.82, 2.24) is 4.57 Å². The van der Waals surface area contributed by atoms with E-state index in [4.69, 9.17) is 0 Å². The molecular formula is C17H22N2O3. The van der Waals surface area contributed by atoms with Gasteiger partial charge in [-0.05, 0) is 44.1 Å². The highest BCUT2D eigenvalue weighted by Gasteiger charge is 2.41. The lowest BCUT2D eigenvalue weighted by Crippen LogP contribution is -2.40. The van der Waals surface area contributed by atoms with Gasteiger partial charge in [0, 0.05) is 17.3 Å². The summed E-state index contributed by atoms with van der Waals surface area (Å²) in [5.74, 6) is 0.139. The van der Waals surface area contributed by atoms with Gasteiger partial charge in [-0.15, -0.1) is 0 Å². The molecule has 2 atom stereocenters. The maximum absolute atomic E-state index is 12.5. The number of carboxylic acid groups (broad SMARTS) is 1. The fourth-order valence-electron chi connectivity index (χ4n) is 4.68. The number of anilines is 1. The molecule has 1 saturated carbocycles. The van der Waals surface area contributed by atoms with Crippen LogP contribution in [0.5, 0.6) is 0 Å². The summed E-state index contributed by atoms with van der Waals surface area (Å²) in [7, 11) is 0. The van der Waals surface area contributed by atoms with E-state index >= 15 is 0 Å². The first kappa shape index (κ1) is 13.9. The first-order valence-corrected chi connectivity index (χ1v) is 8.44. The number of nitrogens with zero attached hydrogens (tertiary/aromatic N) is 1. The highest BCUT2D eigenvalue weighted by atomic mass is 16.4. The van der Waals surface area contributed by atoms with Crippen molar-refractivity contribution in [3.8, 4) is 0 Å². The zero-order valence-electron chi connectivity index (χ0n) is 12.7. The summed E-state index contributed by atoms with van der Waals surface area (Å²) in [4.78, 5) is 23.8. The first-order valence-electron chi connectivity index (χ1n) is 8.44. The molecule has 0 radical (unpaired) electrons. The van der Waals surface area contributed by atoms with Gasteiger partial charge in [-0.25, -0.2) is 0 Å². The number of hydrogen-bond acceptors (Lipinski definition) is 2. The van der Waals surface area contributed by atoms with Gasteiger partial charge >= 0.3 is 5.97 Å². The van der Waals surface area contributed by atoms with Gasteiger partial charge in [0.2, 0.25) is 5.91 Å². The van der Waals surface area contributed by atoms with Crippen LogP contribution >= 0.6 is 0 Å². The third-order valence-electron chi connectivity index (χ3n) is 5.59. The van der Waals surface area contributed by atoms with Crippen LogP contribution in [-0.2, 0) is 28.9 Å². The van der Waals surface area contributed by atoms with E-state index in [1.54, 1.807) is 0 Å². The molecule has 2 unspecified atom stereocenters. The number of carboxylic acids is 1. The molecule has 118 valence electrons. The zero-order valence-corrected chi connectivity index (χ0v) is 12.7. The summed E-state index contributed by atoms with van der Waals surface area (Å²) >= 11 is 0. The number of fused-ring (bicyclic) bond motifs is 5. The first-order chi connectivity index (χ1) is 10.7. The van der Waals surface area contributed by atoms with E-state index in [-0.39, 0.29) is 24.3 Å². The van der Waals surface area contributed by atoms with E-state index in [9.17, 15) is 14.7 Å². The average molecular weight is 302 g/mol. The summed E-state index contributed by atoms with van der Waals surface area (Å²) in [6.07, 6.45) is 8.54. The van der Waals surface area contributed by atoms with Crippen LogP contribution in [0, 0.1) is 5.92 Å². The maximum Gasteiger partial charge on any atom is 0.307 e. The third kappa shape index (κ3) is 1.98. The average Bonchev–Trinajstić information content (AvgIpc) is 2.82. The van der Waals surface area contributed by atoms with Crippen LogP contribution in [0.4, 0.5) is 5.82 Å². The molecule has 1 aromatic heterocycles. The van der Waals surface area contributed by atoms with E-state index in [0.717, 1.165) is 62.7 Å². The Morgan fingerprint density at radius 2 is 1.95 bits per heavy atom. The number of amides is 1. The molecule has 1 amide bonds. The molecule has 2 heterocycles. The van der Waals surface area contributed by atoms with Crippen molar-refractivity contribution in [2.45, 2.75) is 63.8 Å². The number of carbonyl (C=O) groups is 2. The molecule has 4 rings (SSSR count). The quantitative estimate of drug-likeness (QED) is 0.882. The molecule has 22 heavy (non-hydrogen) atoms. The van der Waals surface area contributed by atoms with E-state index in [0.29, 0.717) is 0 Å². The van der Waals surface area contributed by atoms with Crippen molar-refractivity contribution >= 4 is 17.7 Å². The second kappa shape index (κ2) is 5.14. The highest BCUT2D eigenvalue weighted by Crippen LogP contribution is 2.45. The molecule has 0 saturated heterocycles. The number of nitrogens with one attached hydrogen (secondary N) is 1. The van der Waals surface area contributed by atoms with Crippen molar-refractivity contribution in [2.75, 3.05) is 5.32 Å². The molecule has 3 aliphatic rings. The number of aromatic nitrogens is 1. The fourth-order valence-corrected chi connectivity index (χ4v) is 4.68. The van der Waals surface area contributed by atoms with Crippen LogP contribution < -0.4 is 5.32 Å². The maximum atomic E-state index is 12.5. The Bertz CT molecular complexity index is 647. The Hall–Kier alpha value is -1.78. The van der Waals surface area contributed by atoms with Crippen molar-refractivity contribution in [3.05, 3.63) is 16.8 Å². The van der Waals surface area contributed by atoms with Crippen LogP contribution in [0.25, 0.3) is 0 Å². The van der Waals surface area contributed by atoms with E-state index in [2.05, 4.69) is 9.88 Å². The molecule has 5 heteroatoms. The molecule has 0 spiro atoms. The minimum Gasteiger partial charge on any atom is -0.481 e. The van der Waals surface area contributed by atoms with Gasteiger partial charge in [-0.2, -0.15) is 0 Å². The Morgan fingerprint density at radius 1 is 1.18 bits per heavy atom. The van der Waals surface area contributed by atoms with Gasteiger partial charge in [0.1, 0.15) is 5.82 Å². The van der Waals surface area contributed by atoms with Crippen molar-refractivity contribution in [2.24, 2.45) is 5.92 Å².